The fourth-order valence-corrected chi connectivity index (χ4v) is 12.5. The van der Waals surface area contributed by atoms with E-state index in [-0.39, 0.29) is 47.9 Å². The maximum Gasteiger partial charge on any atom is 0.315 e. The second kappa shape index (κ2) is 32.0. The number of ether oxygens (including phenoxy) is 3. The molecule has 416 valence electrons. The van der Waals surface area contributed by atoms with Crippen molar-refractivity contribution in [2.45, 2.75) is 165 Å². The van der Waals surface area contributed by atoms with Crippen LogP contribution in [0.1, 0.15) is 170 Å². The van der Waals surface area contributed by atoms with E-state index in [1.807, 2.05) is 11.8 Å². The number of aryl methyl sites for hydroxylation is 2. The highest BCUT2D eigenvalue weighted by atomic mass is 32.2. The van der Waals surface area contributed by atoms with Crippen molar-refractivity contribution in [3.63, 3.8) is 0 Å². The van der Waals surface area contributed by atoms with Gasteiger partial charge in [0.25, 0.3) is 11.8 Å². The number of methoxy groups -OCH3 is 1. The number of urea groups is 1. The van der Waals surface area contributed by atoms with Crippen LogP contribution in [0.4, 0.5) is 4.79 Å². The topological polar surface area (TPSA) is 181 Å². The normalized spacial score (nSPS) is 19.0. The van der Waals surface area contributed by atoms with Crippen LogP contribution in [-0.2, 0) is 27.2 Å². The van der Waals surface area contributed by atoms with E-state index in [9.17, 15) is 24.0 Å². The molecule has 2 aromatic carbocycles. The standard InChI is InChI=1S/C60H87N7O8S/c1-44-18-20-45(21-19-44)42-66-32-28-50(29-33-66)63-58(70)49-40-48(55(62-41-49)59(71)67-34-26-47(27-35-67)57(69)46-22-24-51(73-2)25-23-46)16-15-31-61-54(68)30-37-75-39-38-74-36-14-12-10-8-6-4-3-5-7-9-11-13-17-53-56-52(43-76-53)64-60(72)65-56/h18-25,40-41,47,50,52-53,56H,3-17,26-39,42-43H2,1-2H3,(H,61,68)(H,63,70)(H2,64,65,72)/t52?,53-,56?/m0/s1. The molecule has 4 aliphatic rings. The van der Waals surface area contributed by atoms with Crippen LogP contribution in [0.5, 0.6) is 5.75 Å². The van der Waals surface area contributed by atoms with E-state index in [1.165, 1.54) is 94.4 Å². The Hall–Kier alpha value is -5.03. The Kier molecular flexibility index (Phi) is 24.7. The summed E-state index contributed by atoms with van der Waals surface area (Å²) in [6.07, 6.45) is 22.0. The number of carbonyl (C=O) groups excluding carboxylic acids is 5. The van der Waals surface area contributed by atoms with E-state index in [0.29, 0.717) is 111 Å². The number of nitrogens with zero attached hydrogens (tertiary/aromatic N) is 3. The number of Topliss-reactive ketones (excluding diaryl/α,β-unsaturated/α-hetero) is 1. The molecule has 7 rings (SSSR count). The minimum absolute atomic E-state index is 0.00952. The van der Waals surface area contributed by atoms with Gasteiger partial charge in [-0.05, 0) is 99.7 Å². The van der Waals surface area contributed by atoms with Crippen LogP contribution < -0.4 is 26.0 Å². The van der Waals surface area contributed by atoms with Gasteiger partial charge in [0.1, 0.15) is 11.4 Å². The first-order chi connectivity index (χ1) is 37.1. The van der Waals surface area contributed by atoms with E-state index in [4.69, 9.17) is 14.2 Å². The summed E-state index contributed by atoms with van der Waals surface area (Å²) < 4.78 is 16.7. The monoisotopic (exact) mass is 1070 g/mol. The summed E-state index contributed by atoms with van der Waals surface area (Å²) in [7, 11) is 1.60. The van der Waals surface area contributed by atoms with Crippen molar-refractivity contribution in [1.29, 1.82) is 0 Å². The van der Waals surface area contributed by atoms with E-state index in [1.54, 1.807) is 42.3 Å². The Morgan fingerprint density at radius 1 is 0.737 bits per heavy atom. The van der Waals surface area contributed by atoms with E-state index < -0.39 is 0 Å². The number of fused-ring (bicyclic) bond motifs is 1. The van der Waals surface area contributed by atoms with Crippen LogP contribution >= 0.6 is 11.8 Å². The number of ketones is 1. The molecule has 0 spiro atoms. The average molecular weight is 1070 g/mol. The number of carbonyl (C=O) groups is 5. The molecule has 1 aromatic heterocycles. The summed E-state index contributed by atoms with van der Waals surface area (Å²) in [5.41, 5.74) is 4.54. The lowest BCUT2D eigenvalue weighted by Gasteiger charge is -2.32. The average Bonchev–Trinajstić information content (AvgIpc) is 4.02. The molecule has 2 unspecified atom stereocenters. The lowest BCUT2D eigenvalue weighted by Crippen LogP contribution is -2.44. The van der Waals surface area contributed by atoms with Crippen LogP contribution in [0.15, 0.2) is 60.8 Å². The molecule has 5 heterocycles. The van der Waals surface area contributed by atoms with Crippen LogP contribution in [0.3, 0.4) is 0 Å². The number of hydrogen-bond acceptors (Lipinski definition) is 11. The number of nitrogens with one attached hydrogen (secondary N) is 4. The Morgan fingerprint density at radius 3 is 2.08 bits per heavy atom. The van der Waals surface area contributed by atoms with Gasteiger partial charge in [-0.15, -0.1) is 0 Å². The summed E-state index contributed by atoms with van der Waals surface area (Å²) >= 11 is 2.02. The number of rotatable bonds is 33. The smallest absolute Gasteiger partial charge is 0.315 e. The second-order valence-electron chi connectivity index (χ2n) is 21.5. The highest BCUT2D eigenvalue weighted by molar-refractivity contribution is 8.00. The summed E-state index contributed by atoms with van der Waals surface area (Å²) in [6.45, 7) is 8.00. The Bertz CT molecular complexity index is 2270. The Balaban J connectivity index is 0.738. The fraction of sp³-hybridized carbons (Fsp3) is 0.633. The van der Waals surface area contributed by atoms with Gasteiger partial charge < -0.3 is 40.4 Å². The van der Waals surface area contributed by atoms with Crippen molar-refractivity contribution >= 4 is 41.3 Å². The molecule has 5 amide bonds. The molecule has 4 saturated heterocycles. The van der Waals surface area contributed by atoms with Crippen molar-refractivity contribution in [2.24, 2.45) is 5.92 Å². The summed E-state index contributed by atoms with van der Waals surface area (Å²) in [5.74, 6) is 1.09. The quantitative estimate of drug-likeness (QED) is 0.0260. The zero-order chi connectivity index (χ0) is 53.3. The maximum atomic E-state index is 14.1. The third-order valence-electron chi connectivity index (χ3n) is 15.7. The number of aromatic nitrogens is 1. The molecule has 4 aliphatic heterocycles. The number of unbranched alkanes of at least 4 members (excludes halogenated alkanes) is 11. The Morgan fingerprint density at radius 2 is 1.39 bits per heavy atom. The number of thioether (sulfide) groups is 1. The summed E-state index contributed by atoms with van der Waals surface area (Å²) in [4.78, 5) is 74.3. The van der Waals surface area contributed by atoms with Gasteiger partial charge in [0.05, 0.1) is 44.6 Å². The minimum Gasteiger partial charge on any atom is -0.497 e. The maximum absolute atomic E-state index is 14.1. The number of amides is 5. The van der Waals surface area contributed by atoms with Crippen molar-refractivity contribution in [3.8, 4) is 5.75 Å². The van der Waals surface area contributed by atoms with Crippen LogP contribution in [0.25, 0.3) is 0 Å². The van der Waals surface area contributed by atoms with Gasteiger partial charge >= 0.3 is 6.03 Å². The molecule has 3 aromatic rings. The highest BCUT2D eigenvalue weighted by Gasteiger charge is 2.42. The minimum atomic E-state index is -0.215. The number of hydrogen-bond donors (Lipinski definition) is 4. The van der Waals surface area contributed by atoms with Crippen molar-refractivity contribution in [1.82, 2.24) is 36.1 Å². The Labute approximate surface area is 456 Å². The van der Waals surface area contributed by atoms with Crippen molar-refractivity contribution in [3.05, 3.63) is 94.3 Å². The zero-order valence-corrected chi connectivity index (χ0v) is 46.4. The van der Waals surface area contributed by atoms with Gasteiger partial charge in [-0.3, -0.25) is 24.1 Å². The molecule has 15 nitrogen and oxygen atoms in total. The first kappa shape index (κ1) is 58.6. The lowest BCUT2D eigenvalue weighted by atomic mass is 9.88. The molecular formula is C60H87N7O8S. The third kappa shape index (κ3) is 19.2. The predicted octanol–water partition coefficient (Wildman–Crippen LogP) is 9.24. The third-order valence-corrected chi connectivity index (χ3v) is 17.2. The molecule has 0 bridgehead atoms. The fourth-order valence-electron chi connectivity index (χ4n) is 11.0. The second-order valence-corrected chi connectivity index (χ2v) is 22.8. The summed E-state index contributed by atoms with van der Waals surface area (Å²) in [5, 5.41) is 12.9. The van der Waals surface area contributed by atoms with Crippen molar-refractivity contribution < 1.29 is 38.2 Å². The predicted molar refractivity (Wildman–Crippen MR) is 300 cm³/mol. The van der Waals surface area contributed by atoms with Gasteiger partial charge in [-0.2, -0.15) is 11.8 Å². The number of piperidine rings is 2. The highest BCUT2D eigenvalue weighted by Crippen LogP contribution is 2.33. The molecule has 76 heavy (non-hydrogen) atoms. The number of likely N-dealkylation sites (tertiary alicyclic amines) is 2. The molecule has 0 saturated carbocycles. The first-order valence-corrected chi connectivity index (χ1v) is 29.8. The van der Waals surface area contributed by atoms with Gasteiger partial charge in [-0.25, -0.2) is 9.78 Å². The molecule has 4 fully saturated rings. The first-order valence-electron chi connectivity index (χ1n) is 28.8. The van der Waals surface area contributed by atoms with E-state index in [0.717, 1.165) is 51.3 Å². The van der Waals surface area contributed by atoms with Gasteiger partial charge in [0.2, 0.25) is 5.91 Å². The van der Waals surface area contributed by atoms with Gasteiger partial charge in [0.15, 0.2) is 5.78 Å². The van der Waals surface area contributed by atoms with Gasteiger partial charge in [-0.1, -0.05) is 100 Å². The number of pyridine rings is 1. The van der Waals surface area contributed by atoms with E-state index >= 15 is 0 Å². The molecule has 4 N–H and O–H groups in total. The zero-order valence-electron chi connectivity index (χ0n) is 45.6. The van der Waals surface area contributed by atoms with Crippen molar-refractivity contribution in [2.75, 3.05) is 72.0 Å². The van der Waals surface area contributed by atoms with Crippen LogP contribution in [0, 0.1) is 12.8 Å². The van der Waals surface area contributed by atoms with E-state index in [2.05, 4.69) is 62.3 Å². The molecule has 0 radical (unpaired) electrons. The van der Waals surface area contributed by atoms with Gasteiger partial charge in [0, 0.05) is 87.0 Å². The number of benzene rings is 2. The SMILES string of the molecule is COc1ccc(C(=O)C2CCN(C(=O)c3ncc(C(=O)NC4CCN(Cc5ccc(C)cc5)CC4)cc3CCCNC(=O)CCOCCOCCCCCCCCCCCCCC[C@@H]3SCC4NC(=O)NC43)CC2)cc1. The lowest BCUT2D eigenvalue weighted by molar-refractivity contribution is -0.122. The molecular weight excluding hydrogens is 979 g/mol. The largest absolute Gasteiger partial charge is 0.497 e. The molecule has 0 aliphatic carbocycles. The summed E-state index contributed by atoms with van der Waals surface area (Å²) in [6, 6.07) is 18.3. The molecule has 16 heteroatoms. The van der Waals surface area contributed by atoms with Crippen LogP contribution in [0.2, 0.25) is 0 Å². The molecule has 3 atom stereocenters. The van der Waals surface area contributed by atoms with Crippen LogP contribution in [-0.4, -0.2) is 140 Å².